The van der Waals surface area contributed by atoms with Crippen molar-refractivity contribution >= 4 is 23.9 Å². The van der Waals surface area contributed by atoms with Crippen molar-refractivity contribution in [2.75, 3.05) is 13.1 Å². The third-order valence-electron chi connectivity index (χ3n) is 10.3. The Hall–Kier alpha value is -7.60. The van der Waals surface area contributed by atoms with Crippen LogP contribution in [0.15, 0.2) is 158 Å². The first-order valence-corrected chi connectivity index (χ1v) is 21.5. The summed E-state index contributed by atoms with van der Waals surface area (Å²) in [5.41, 5.74) is 2.75. The number of likely N-dealkylation sites (tertiary alicyclic amines) is 1. The summed E-state index contributed by atoms with van der Waals surface area (Å²) in [5.74, 6) is -0.457. The Morgan fingerprint density at radius 1 is 0.585 bits per heavy atom. The maximum absolute atomic E-state index is 13.9. The van der Waals surface area contributed by atoms with Gasteiger partial charge in [-0.2, -0.15) is 0 Å². The molecule has 1 heterocycles. The summed E-state index contributed by atoms with van der Waals surface area (Å²) in [6.45, 7) is 6.50. The van der Waals surface area contributed by atoms with Gasteiger partial charge in [0.2, 0.25) is 0 Å². The number of amides is 2. The molecule has 0 spiro atoms. The number of nitrogens with zero attached hydrogens (tertiary/aromatic N) is 1. The number of rotatable bonds is 15. The quantitative estimate of drug-likeness (QED) is 0.0784. The van der Waals surface area contributed by atoms with Gasteiger partial charge in [0.15, 0.2) is 0 Å². The molecular formula is C53H52N2O10. The van der Waals surface area contributed by atoms with Crippen molar-refractivity contribution in [3.8, 4) is 23.0 Å². The third-order valence-corrected chi connectivity index (χ3v) is 10.3. The summed E-state index contributed by atoms with van der Waals surface area (Å²) in [4.78, 5) is 56.2. The maximum Gasteiger partial charge on any atom is 0.410 e. The number of ether oxygens (including phenoxy) is 6. The summed E-state index contributed by atoms with van der Waals surface area (Å²) in [5, 5.41) is 3.00. The van der Waals surface area contributed by atoms with Gasteiger partial charge in [0, 0.05) is 18.7 Å². The second kappa shape index (κ2) is 21.7. The highest BCUT2D eigenvalue weighted by atomic mass is 16.6. The molecule has 334 valence electrons. The van der Waals surface area contributed by atoms with Gasteiger partial charge < -0.3 is 38.6 Å². The van der Waals surface area contributed by atoms with Crippen LogP contribution in [-0.2, 0) is 29.3 Å². The zero-order valence-electron chi connectivity index (χ0n) is 36.6. The van der Waals surface area contributed by atoms with E-state index < -0.39 is 41.7 Å². The lowest BCUT2D eigenvalue weighted by atomic mass is 10.1. The van der Waals surface area contributed by atoms with Crippen LogP contribution in [0.2, 0.25) is 0 Å². The number of hydrogen-bond donors (Lipinski definition) is 1. The largest absolute Gasteiger partial charge is 0.489 e. The lowest BCUT2D eigenvalue weighted by Gasteiger charge is -2.30. The standard InChI is InChI=1S/C53H52N2O10/c1-53(2,3)65-52(59)55-32-14-23-45(64-50(57)41-26-28-42(29-27-41)60-34-37-15-7-4-8-16-37)44(33-55)54-49(56)40-24-30-43(31-25-40)63-51(58)48-46(61-35-38-17-9-5-10-18-38)21-13-22-47(48)62-36-39-19-11-6-12-20-39/h4-13,15-22,24-31,44-45H,14,23,32-36H2,1-3H3,(H,54,56)/t44-,45-/m1/s1. The lowest BCUT2D eigenvalue weighted by Crippen LogP contribution is -2.51. The average molecular weight is 877 g/mol. The van der Waals surface area contributed by atoms with Crippen molar-refractivity contribution in [1.82, 2.24) is 10.2 Å². The SMILES string of the molecule is CC(C)(C)OC(=O)N1CCC[C@@H](OC(=O)c2ccc(OCc3ccccc3)cc2)[C@H](NC(=O)c2ccc(OC(=O)c3c(OCc4ccccc4)cccc3OCc3ccccc3)cc2)C1. The molecule has 0 unspecified atom stereocenters. The fourth-order valence-corrected chi connectivity index (χ4v) is 7.04. The fourth-order valence-electron chi connectivity index (χ4n) is 7.04. The summed E-state index contributed by atoms with van der Waals surface area (Å²) < 4.78 is 35.7. The molecule has 0 saturated carbocycles. The van der Waals surface area contributed by atoms with Crippen molar-refractivity contribution in [3.05, 3.63) is 191 Å². The normalized spacial score (nSPS) is 14.8. The monoisotopic (exact) mass is 876 g/mol. The second-order valence-corrected chi connectivity index (χ2v) is 16.5. The molecule has 6 aromatic rings. The highest BCUT2D eigenvalue weighted by Gasteiger charge is 2.35. The van der Waals surface area contributed by atoms with E-state index in [2.05, 4.69) is 5.32 Å². The molecule has 0 radical (unpaired) electrons. The van der Waals surface area contributed by atoms with Crippen molar-refractivity contribution < 1.29 is 47.6 Å². The molecule has 2 atom stereocenters. The molecule has 0 aromatic heterocycles. The fraction of sp³-hybridized carbons (Fsp3) is 0.245. The Morgan fingerprint density at radius 2 is 1.09 bits per heavy atom. The van der Waals surface area contributed by atoms with Gasteiger partial charge in [-0.25, -0.2) is 14.4 Å². The minimum atomic E-state index is -0.797. The third kappa shape index (κ3) is 13.2. The zero-order valence-corrected chi connectivity index (χ0v) is 36.6. The summed E-state index contributed by atoms with van der Waals surface area (Å²) in [7, 11) is 0. The predicted octanol–water partition coefficient (Wildman–Crippen LogP) is 10.00. The molecule has 12 nitrogen and oxygen atoms in total. The number of carbonyl (C=O) groups is 4. The Bertz CT molecular complexity index is 2450. The summed E-state index contributed by atoms with van der Waals surface area (Å²) in [6, 6.07) is 46.0. The highest BCUT2D eigenvalue weighted by molar-refractivity contribution is 5.97. The van der Waals surface area contributed by atoms with Crippen LogP contribution in [-0.4, -0.2) is 59.7 Å². The molecule has 7 rings (SSSR count). The van der Waals surface area contributed by atoms with Gasteiger partial charge in [-0.15, -0.1) is 0 Å². The zero-order chi connectivity index (χ0) is 45.6. The van der Waals surface area contributed by atoms with Crippen LogP contribution < -0.4 is 24.3 Å². The van der Waals surface area contributed by atoms with Gasteiger partial charge in [0.1, 0.15) is 60.1 Å². The molecule has 1 aliphatic rings. The number of carbonyl (C=O) groups excluding carboxylic acids is 4. The minimum absolute atomic E-state index is 0.0288. The number of nitrogens with one attached hydrogen (secondary N) is 1. The van der Waals surface area contributed by atoms with Crippen LogP contribution >= 0.6 is 0 Å². The van der Waals surface area contributed by atoms with Crippen molar-refractivity contribution in [2.45, 2.75) is 71.2 Å². The van der Waals surface area contributed by atoms with Crippen molar-refractivity contribution in [2.24, 2.45) is 0 Å². The smallest absolute Gasteiger partial charge is 0.410 e. The van der Waals surface area contributed by atoms with Crippen LogP contribution in [0.1, 0.15) is 81.4 Å². The van der Waals surface area contributed by atoms with Crippen molar-refractivity contribution in [3.63, 3.8) is 0 Å². The number of benzene rings is 6. The molecule has 1 N–H and O–H groups in total. The van der Waals surface area contributed by atoms with E-state index in [4.69, 9.17) is 28.4 Å². The van der Waals surface area contributed by atoms with Crippen LogP contribution in [0.25, 0.3) is 0 Å². The van der Waals surface area contributed by atoms with E-state index in [-0.39, 0.29) is 48.1 Å². The summed E-state index contributed by atoms with van der Waals surface area (Å²) in [6.07, 6.45) is -0.455. The summed E-state index contributed by atoms with van der Waals surface area (Å²) >= 11 is 0. The number of esters is 2. The molecule has 65 heavy (non-hydrogen) atoms. The van der Waals surface area contributed by atoms with Crippen LogP contribution in [0, 0.1) is 0 Å². The van der Waals surface area contributed by atoms with E-state index in [1.54, 1.807) is 63.2 Å². The Kier molecular flexibility index (Phi) is 15.1. The first-order valence-electron chi connectivity index (χ1n) is 21.5. The van der Waals surface area contributed by atoms with Gasteiger partial charge in [0.05, 0.1) is 11.6 Å². The minimum Gasteiger partial charge on any atom is -0.489 e. The van der Waals surface area contributed by atoms with E-state index in [1.165, 1.54) is 29.2 Å². The maximum atomic E-state index is 13.9. The molecule has 0 aliphatic carbocycles. The topological polar surface area (TPSA) is 139 Å². The lowest BCUT2D eigenvalue weighted by molar-refractivity contribution is 0.0127. The molecule has 1 saturated heterocycles. The molecule has 0 bridgehead atoms. The van der Waals surface area contributed by atoms with Crippen LogP contribution in [0.3, 0.4) is 0 Å². The van der Waals surface area contributed by atoms with E-state index >= 15 is 0 Å². The predicted molar refractivity (Wildman–Crippen MR) is 244 cm³/mol. The van der Waals surface area contributed by atoms with Crippen LogP contribution in [0.5, 0.6) is 23.0 Å². The van der Waals surface area contributed by atoms with Gasteiger partial charge in [-0.1, -0.05) is 97.1 Å². The molecule has 1 aliphatic heterocycles. The van der Waals surface area contributed by atoms with Gasteiger partial charge in [-0.05, 0) is 111 Å². The van der Waals surface area contributed by atoms with E-state index in [0.717, 1.165) is 16.7 Å². The average Bonchev–Trinajstić information content (AvgIpc) is 3.51. The van der Waals surface area contributed by atoms with E-state index in [9.17, 15) is 19.2 Å². The van der Waals surface area contributed by atoms with Gasteiger partial charge in [0.25, 0.3) is 5.91 Å². The molecule has 6 aromatic carbocycles. The Morgan fingerprint density at radius 3 is 1.63 bits per heavy atom. The highest BCUT2D eigenvalue weighted by Crippen LogP contribution is 2.32. The second-order valence-electron chi connectivity index (χ2n) is 16.5. The number of hydrogen-bond acceptors (Lipinski definition) is 10. The first kappa shape index (κ1) is 45.4. The molecular weight excluding hydrogens is 825 g/mol. The Balaban J connectivity index is 1.04. The van der Waals surface area contributed by atoms with Crippen LogP contribution in [0.4, 0.5) is 4.79 Å². The first-order chi connectivity index (χ1) is 31.5. The Labute approximate surface area is 379 Å². The molecule has 1 fully saturated rings. The van der Waals surface area contributed by atoms with Crippen molar-refractivity contribution in [1.29, 1.82) is 0 Å². The molecule has 12 heteroatoms. The van der Waals surface area contributed by atoms with E-state index in [1.807, 2.05) is 91.0 Å². The van der Waals surface area contributed by atoms with Gasteiger partial charge in [-0.3, -0.25) is 4.79 Å². The molecule has 2 amide bonds. The van der Waals surface area contributed by atoms with Gasteiger partial charge >= 0.3 is 18.0 Å². The van der Waals surface area contributed by atoms with E-state index in [0.29, 0.717) is 37.3 Å².